The van der Waals surface area contributed by atoms with Gasteiger partial charge < -0.3 is 9.80 Å². The van der Waals surface area contributed by atoms with E-state index in [-0.39, 0.29) is 5.91 Å². The Bertz CT molecular complexity index is 735. The summed E-state index contributed by atoms with van der Waals surface area (Å²) in [5.41, 5.74) is 1.95. The van der Waals surface area contributed by atoms with Crippen LogP contribution in [-0.4, -0.2) is 64.9 Å². The van der Waals surface area contributed by atoms with Gasteiger partial charge in [0.25, 0.3) is 5.91 Å². The van der Waals surface area contributed by atoms with Crippen molar-refractivity contribution < 1.29 is 4.79 Å². The van der Waals surface area contributed by atoms with Crippen molar-refractivity contribution in [2.75, 3.05) is 44.2 Å². The van der Waals surface area contributed by atoms with Crippen molar-refractivity contribution in [1.82, 2.24) is 19.8 Å². The molecule has 4 rings (SSSR count). The lowest BCUT2D eigenvalue weighted by atomic mass is 10.1. The summed E-state index contributed by atoms with van der Waals surface area (Å²) < 4.78 is 0. The average Bonchev–Trinajstić information content (AvgIpc) is 2.75. The topological polar surface area (TPSA) is 52.6 Å². The van der Waals surface area contributed by atoms with Crippen molar-refractivity contribution in [3.8, 4) is 0 Å². The van der Waals surface area contributed by atoms with E-state index in [0.717, 1.165) is 64.6 Å². The van der Waals surface area contributed by atoms with E-state index in [2.05, 4.69) is 50.1 Å². The first-order valence-corrected chi connectivity index (χ1v) is 9.92. The highest BCUT2D eigenvalue weighted by Crippen LogP contribution is 2.15. The van der Waals surface area contributed by atoms with E-state index in [4.69, 9.17) is 0 Å². The number of amides is 1. The van der Waals surface area contributed by atoms with Crippen LogP contribution in [0, 0.1) is 0 Å². The fraction of sp³-hybridized carbons (Fsp3) is 0.476. The van der Waals surface area contributed by atoms with E-state index in [9.17, 15) is 4.79 Å². The molecule has 2 aliphatic heterocycles. The van der Waals surface area contributed by atoms with Crippen molar-refractivity contribution in [2.24, 2.45) is 0 Å². The van der Waals surface area contributed by atoms with Gasteiger partial charge in [-0.15, -0.1) is 0 Å². The predicted molar refractivity (Wildman–Crippen MR) is 106 cm³/mol. The highest BCUT2D eigenvalue weighted by Gasteiger charge is 2.21. The predicted octanol–water partition coefficient (Wildman–Crippen LogP) is 2.42. The summed E-state index contributed by atoms with van der Waals surface area (Å²) >= 11 is 0. The van der Waals surface area contributed by atoms with Gasteiger partial charge in [0.15, 0.2) is 0 Å². The summed E-state index contributed by atoms with van der Waals surface area (Å²) in [5.74, 6) is 0.790. The Labute approximate surface area is 160 Å². The largest absolute Gasteiger partial charge is 0.339 e. The molecule has 2 fully saturated rings. The van der Waals surface area contributed by atoms with Crippen LogP contribution in [0.5, 0.6) is 0 Å². The van der Waals surface area contributed by atoms with Crippen LogP contribution in [0.2, 0.25) is 0 Å². The Hall–Kier alpha value is -2.47. The molecule has 0 aliphatic carbocycles. The van der Waals surface area contributed by atoms with Gasteiger partial charge in [-0.25, -0.2) is 9.97 Å². The molecule has 3 heterocycles. The number of nitrogens with zero attached hydrogens (tertiary/aromatic N) is 5. The van der Waals surface area contributed by atoms with E-state index in [1.165, 1.54) is 12.0 Å². The smallest absolute Gasteiger partial charge is 0.256 e. The number of rotatable bonds is 4. The summed E-state index contributed by atoms with van der Waals surface area (Å²) in [5, 5.41) is 0. The molecule has 0 saturated carbocycles. The molecule has 2 aliphatic rings. The maximum absolute atomic E-state index is 12.5. The van der Waals surface area contributed by atoms with E-state index < -0.39 is 0 Å². The van der Waals surface area contributed by atoms with E-state index in [0.29, 0.717) is 5.56 Å². The number of carbonyl (C=O) groups excluding carboxylic acids is 1. The Morgan fingerprint density at radius 3 is 2.19 bits per heavy atom. The van der Waals surface area contributed by atoms with Crippen LogP contribution < -0.4 is 4.90 Å². The maximum atomic E-state index is 12.5. The average molecular weight is 365 g/mol. The number of piperidine rings is 1. The van der Waals surface area contributed by atoms with Crippen molar-refractivity contribution >= 4 is 11.9 Å². The van der Waals surface area contributed by atoms with Gasteiger partial charge in [0, 0.05) is 58.2 Å². The third-order valence-corrected chi connectivity index (χ3v) is 5.43. The van der Waals surface area contributed by atoms with Gasteiger partial charge in [0.05, 0.1) is 5.56 Å². The molecule has 0 radical (unpaired) electrons. The summed E-state index contributed by atoms with van der Waals surface area (Å²) in [6.07, 6.45) is 6.79. The quantitative estimate of drug-likeness (QED) is 0.833. The first-order chi connectivity index (χ1) is 13.3. The fourth-order valence-electron chi connectivity index (χ4n) is 3.82. The molecule has 6 heteroatoms. The van der Waals surface area contributed by atoms with Crippen LogP contribution in [0.4, 0.5) is 5.95 Å². The summed E-state index contributed by atoms with van der Waals surface area (Å²) in [6, 6.07) is 10.6. The molecule has 2 saturated heterocycles. The Morgan fingerprint density at radius 1 is 0.852 bits per heavy atom. The van der Waals surface area contributed by atoms with Crippen LogP contribution in [0.15, 0.2) is 42.7 Å². The molecule has 0 atom stereocenters. The standard InChI is InChI=1S/C21H27N5O/c27-20(25-9-5-2-6-10-25)19-15-22-21(23-16-19)26-13-11-24(12-14-26)17-18-7-3-1-4-8-18/h1,3-4,7-8,15-16H,2,5-6,9-14,17H2. The van der Waals surface area contributed by atoms with Crippen LogP contribution in [0.1, 0.15) is 35.2 Å². The number of likely N-dealkylation sites (tertiary alicyclic amines) is 1. The second kappa shape index (κ2) is 8.48. The first-order valence-electron chi connectivity index (χ1n) is 9.92. The highest BCUT2D eigenvalue weighted by molar-refractivity contribution is 5.93. The van der Waals surface area contributed by atoms with Gasteiger partial charge in [-0.3, -0.25) is 9.69 Å². The zero-order valence-electron chi connectivity index (χ0n) is 15.8. The second-order valence-corrected chi connectivity index (χ2v) is 7.37. The first kappa shape index (κ1) is 17.9. The number of hydrogen-bond donors (Lipinski definition) is 0. The number of benzene rings is 1. The maximum Gasteiger partial charge on any atom is 0.256 e. The summed E-state index contributed by atoms with van der Waals surface area (Å²) in [7, 11) is 0. The zero-order chi connectivity index (χ0) is 18.5. The van der Waals surface area contributed by atoms with Gasteiger partial charge in [-0.05, 0) is 24.8 Å². The lowest BCUT2D eigenvalue weighted by Gasteiger charge is -2.34. The number of piperazine rings is 1. The molecule has 0 unspecified atom stereocenters. The molecule has 1 aromatic heterocycles. The number of hydrogen-bond acceptors (Lipinski definition) is 5. The van der Waals surface area contributed by atoms with Gasteiger partial charge in [-0.1, -0.05) is 30.3 Å². The number of carbonyl (C=O) groups is 1. The number of aromatic nitrogens is 2. The molecular weight excluding hydrogens is 338 g/mol. The SMILES string of the molecule is O=C(c1cnc(N2CCN(Cc3ccccc3)CC2)nc1)N1CCCCC1. The van der Waals surface area contributed by atoms with Crippen LogP contribution in [0.25, 0.3) is 0 Å². The fourth-order valence-corrected chi connectivity index (χ4v) is 3.82. The van der Waals surface area contributed by atoms with E-state index in [1.807, 2.05) is 4.90 Å². The van der Waals surface area contributed by atoms with Gasteiger partial charge in [0.1, 0.15) is 0 Å². The number of anilines is 1. The van der Waals surface area contributed by atoms with E-state index >= 15 is 0 Å². The van der Waals surface area contributed by atoms with Crippen molar-refractivity contribution in [3.05, 3.63) is 53.9 Å². The van der Waals surface area contributed by atoms with Crippen molar-refractivity contribution in [1.29, 1.82) is 0 Å². The molecule has 27 heavy (non-hydrogen) atoms. The lowest BCUT2D eigenvalue weighted by Crippen LogP contribution is -2.46. The third kappa shape index (κ3) is 4.45. The minimum atomic E-state index is 0.0638. The minimum Gasteiger partial charge on any atom is -0.339 e. The van der Waals surface area contributed by atoms with Crippen LogP contribution >= 0.6 is 0 Å². The monoisotopic (exact) mass is 365 g/mol. The zero-order valence-corrected chi connectivity index (χ0v) is 15.8. The van der Waals surface area contributed by atoms with Crippen LogP contribution in [0.3, 0.4) is 0 Å². The van der Waals surface area contributed by atoms with Crippen molar-refractivity contribution in [2.45, 2.75) is 25.8 Å². The molecular formula is C21H27N5O. The molecule has 0 N–H and O–H groups in total. The molecule has 0 spiro atoms. The molecule has 2 aromatic rings. The van der Waals surface area contributed by atoms with Gasteiger partial charge >= 0.3 is 0 Å². The summed E-state index contributed by atoms with van der Waals surface area (Å²) in [6.45, 7) is 6.49. The Kier molecular flexibility index (Phi) is 5.63. The summed E-state index contributed by atoms with van der Waals surface area (Å²) in [4.78, 5) is 28.1. The van der Waals surface area contributed by atoms with Gasteiger partial charge in [-0.2, -0.15) is 0 Å². The second-order valence-electron chi connectivity index (χ2n) is 7.37. The molecule has 1 aromatic carbocycles. The van der Waals surface area contributed by atoms with Gasteiger partial charge in [0.2, 0.25) is 5.95 Å². The minimum absolute atomic E-state index is 0.0638. The molecule has 142 valence electrons. The van der Waals surface area contributed by atoms with Crippen LogP contribution in [-0.2, 0) is 6.54 Å². The molecule has 1 amide bonds. The van der Waals surface area contributed by atoms with E-state index in [1.54, 1.807) is 12.4 Å². The molecule has 6 nitrogen and oxygen atoms in total. The third-order valence-electron chi connectivity index (χ3n) is 5.43. The van der Waals surface area contributed by atoms with Crippen molar-refractivity contribution in [3.63, 3.8) is 0 Å². The normalized spacial score (nSPS) is 18.5. The highest BCUT2D eigenvalue weighted by atomic mass is 16.2. The Balaban J connectivity index is 1.31. The molecule has 0 bridgehead atoms. The lowest BCUT2D eigenvalue weighted by molar-refractivity contribution is 0.0723. The Morgan fingerprint density at radius 2 is 1.52 bits per heavy atom.